The van der Waals surface area contributed by atoms with Gasteiger partial charge in [-0.2, -0.15) is 0 Å². The van der Waals surface area contributed by atoms with Crippen LogP contribution in [0.4, 0.5) is 0 Å². The zero-order valence-corrected chi connectivity index (χ0v) is 11.9. The first kappa shape index (κ1) is 13.7. The van der Waals surface area contributed by atoms with E-state index in [0.29, 0.717) is 5.76 Å². The van der Waals surface area contributed by atoms with Gasteiger partial charge in [-0.3, -0.25) is 4.79 Å². The molecular weight excluding hydrogens is 277 g/mol. The molecular formula is C12H15Cl2NO3. The molecule has 1 aromatic rings. The lowest BCUT2D eigenvalue weighted by Gasteiger charge is -2.32. The van der Waals surface area contributed by atoms with Crippen LogP contribution < -0.4 is 0 Å². The Balaban J connectivity index is 2.29. The lowest BCUT2D eigenvalue weighted by Crippen LogP contribution is -2.49. The summed E-state index contributed by atoms with van der Waals surface area (Å²) < 4.78 is 11.2. The van der Waals surface area contributed by atoms with Crippen molar-refractivity contribution >= 4 is 29.1 Å². The zero-order chi connectivity index (χ0) is 13.5. The Bertz CT molecular complexity index is 431. The smallest absolute Gasteiger partial charge is 0.258 e. The van der Waals surface area contributed by atoms with Crippen molar-refractivity contribution < 1.29 is 13.9 Å². The molecule has 2 rings (SSSR count). The molecule has 0 spiro atoms. The van der Waals surface area contributed by atoms with Crippen LogP contribution in [0.15, 0.2) is 22.8 Å². The molecule has 2 heterocycles. The standard InChI is InChI=1S/C12H15Cl2NO3/c1-7-9(8-5-4-6-17-8)18-12(2,3)15(7)11(16)10(13)14/h4-7,9-10H,1-3H3. The van der Waals surface area contributed by atoms with E-state index in [1.807, 2.05) is 13.0 Å². The maximum Gasteiger partial charge on any atom is 0.258 e. The minimum Gasteiger partial charge on any atom is -0.466 e. The highest BCUT2D eigenvalue weighted by atomic mass is 35.5. The third-order valence-electron chi connectivity index (χ3n) is 3.09. The summed E-state index contributed by atoms with van der Waals surface area (Å²) in [4.78, 5) is 12.5. The quantitative estimate of drug-likeness (QED) is 0.787. The van der Waals surface area contributed by atoms with Crippen molar-refractivity contribution in [2.45, 2.75) is 43.5 Å². The summed E-state index contributed by atoms with van der Waals surface area (Å²) in [5.74, 6) is 0.330. The summed E-state index contributed by atoms with van der Waals surface area (Å²) in [6.07, 6.45) is 1.26. The predicted octanol–water partition coefficient (Wildman–Crippen LogP) is 3.11. The molecule has 1 saturated heterocycles. The Morgan fingerprint density at radius 3 is 2.67 bits per heavy atom. The van der Waals surface area contributed by atoms with E-state index in [-0.39, 0.29) is 18.1 Å². The topological polar surface area (TPSA) is 42.7 Å². The molecule has 0 N–H and O–H groups in total. The second kappa shape index (κ2) is 4.76. The van der Waals surface area contributed by atoms with Gasteiger partial charge < -0.3 is 14.1 Å². The molecule has 4 nitrogen and oxygen atoms in total. The number of halogens is 2. The van der Waals surface area contributed by atoms with E-state index >= 15 is 0 Å². The van der Waals surface area contributed by atoms with Crippen molar-refractivity contribution in [1.29, 1.82) is 0 Å². The van der Waals surface area contributed by atoms with Gasteiger partial charge in [0.25, 0.3) is 5.91 Å². The molecule has 100 valence electrons. The lowest BCUT2D eigenvalue weighted by atomic mass is 10.1. The first-order chi connectivity index (χ1) is 8.34. The van der Waals surface area contributed by atoms with Crippen LogP contribution >= 0.6 is 23.2 Å². The van der Waals surface area contributed by atoms with Crippen LogP contribution in [0, 0.1) is 0 Å². The predicted molar refractivity (Wildman–Crippen MR) is 68.4 cm³/mol. The number of nitrogens with zero attached hydrogens (tertiary/aromatic N) is 1. The summed E-state index contributed by atoms with van der Waals surface area (Å²) in [5, 5.41) is 0. The van der Waals surface area contributed by atoms with Gasteiger partial charge in [-0.1, -0.05) is 23.2 Å². The molecule has 0 saturated carbocycles. The van der Waals surface area contributed by atoms with Gasteiger partial charge in [0.1, 0.15) is 17.6 Å². The molecule has 1 amide bonds. The van der Waals surface area contributed by atoms with Gasteiger partial charge in [0.2, 0.25) is 0 Å². The fourth-order valence-electron chi connectivity index (χ4n) is 2.41. The molecule has 1 aromatic heterocycles. The lowest BCUT2D eigenvalue weighted by molar-refractivity contribution is -0.145. The average Bonchev–Trinajstić information content (AvgIpc) is 2.84. The van der Waals surface area contributed by atoms with Crippen LogP contribution in [0.3, 0.4) is 0 Å². The highest BCUT2D eigenvalue weighted by Gasteiger charge is 2.50. The highest BCUT2D eigenvalue weighted by Crippen LogP contribution is 2.41. The fraction of sp³-hybridized carbons (Fsp3) is 0.583. The molecule has 2 atom stereocenters. The van der Waals surface area contributed by atoms with Crippen LogP contribution in [0.1, 0.15) is 32.6 Å². The molecule has 2 unspecified atom stereocenters. The maximum absolute atomic E-state index is 12.0. The Kier molecular flexibility index (Phi) is 3.63. The highest BCUT2D eigenvalue weighted by molar-refractivity contribution is 6.53. The molecule has 1 aliphatic heterocycles. The van der Waals surface area contributed by atoms with E-state index in [0.717, 1.165) is 0 Å². The third-order valence-corrected chi connectivity index (χ3v) is 3.46. The maximum atomic E-state index is 12.0. The van der Waals surface area contributed by atoms with Gasteiger partial charge >= 0.3 is 0 Å². The number of carbonyl (C=O) groups is 1. The van der Waals surface area contributed by atoms with Gasteiger partial charge in [-0.25, -0.2) is 0 Å². The monoisotopic (exact) mass is 291 g/mol. The van der Waals surface area contributed by atoms with E-state index in [1.54, 1.807) is 31.1 Å². The molecule has 0 radical (unpaired) electrons. The van der Waals surface area contributed by atoms with Gasteiger partial charge in [-0.05, 0) is 32.9 Å². The Labute approximate surface area is 116 Å². The van der Waals surface area contributed by atoms with Crippen molar-refractivity contribution in [1.82, 2.24) is 4.90 Å². The van der Waals surface area contributed by atoms with Gasteiger partial charge in [-0.15, -0.1) is 0 Å². The van der Waals surface area contributed by atoms with Crippen molar-refractivity contribution in [3.63, 3.8) is 0 Å². The number of amides is 1. The molecule has 1 aliphatic rings. The molecule has 0 aliphatic carbocycles. The fourth-order valence-corrected chi connectivity index (χ4v) is 2.62. The van der Waals surface area contributed by atoms with E-state index < -0.39 is 10.6 Å². The molecule has 1 fully saturated rings. The summed E-state index contributed by atoms with van der Waals surface area (Å²) in [5.41, 5.74) is -0.768. The minimum absolute atomic E-state index is 0.196. The zero-order valence-electron chi connectivity index (χ0n) is 10.4. The average molecular weight is 292 g/mol. The summed E-state index contributed by atoms with van der Waals surface area (Å²) >= 11 is 11.3. The van der Waals surface area contributed by atoms with Gasteiger partial charge in [0.05, 0.1) is 12.3 Å². The van der Waals surface area contributed by atoms with Gasteiger partial charge in [0, 0.05) is 0 Å². The second-order valence-corrected chi connectivity index (χ2v) is 5.85. The number of ether oxygens (including phenoxy) is 1. The van der Waals surface area contributed by atoms with Crippen LogP contribution in [0.2, 0.25) is 0 Å². The van der Waals surface area contributed by atoms with Crippen molar-refractivity contribution in [2.24, 2.45) is 0 Å². The number of rotatable bonds is 2. The molecule has 0 aromatic carbocycles. The van der Waals surface area contributed by atoms with Crippen LogP contribution in [-0.2, 0) is 9.53 Å². The van der Waals surface area contributed by atoms with Crippen LogP contribution in [-0.4, -0.2) is 27.4 Å². The number of hydrogen-bond acceptors (Lipinski definition) is 3. The van der Waals surface area contributed by atoms with Crippen LogP contribution in [0.5, 0.6) is 0 Å². The number of furan rings is 1. The first-order valence-corrected chi connectivity index (χ1v) is 6.54. The van der Waals surface area contributed by atoms with E-state index in [2.05, 4.69) is 0 Å². The summed E-state index contributed by atoms with van der Waals surface area (Å²) in [6, 6.07) is 3.41. The number of carbonyl (C=O) groups excluding carboxylic acids is 1. The number of hydrogen-bond donors (Lipinski definition) is 0. The summed E-state index contributed by atoms with van der Waals surface area (Å²) in [7, 11) is 0. The van der Waals surface area contributed by atoms with Crippen molar-refractivity contribution in [3.05, 3.63) is 24.2 Å². The van der Waals surface area contributed by atoms with E-state index in [9.17, 15) is 4.79 Å². The van der Waals surface area contributed by atoms with E-state index in [4.69, 9.17) is 32.4 Å². The Hall–Kier alpha value is -0.710. The minimum atomic E-state index is -1.09. The van der Waals surface area contributed by atoms with Gasteiger partial charge in [0.15, 0.2) is 4.84 Å². The molecule has 6 heteroatoms. The normalized spacial score (nSPS) is 26.9. The third kappa shape index (κ3) is 2.25. The van der Waals surface area contributed by atoms with Crippen molar-refractivity contribution in [3.8, 4) is 0 Å². The summed E-state index contributed by atoms with van der Waals surface area (Å²) in [6.45, 7) is 5.50. The second-order valence-electron chi connectivity index (χ2n) is 4.75. The van der Waals surface area contributed by atoms with E-state index in [1.165, 1.54) is 0 Å². The molecule has 18 heavy (non-hydrogen) atoms. The number of alkyl halides is 2. The first-order valence-electron chi connectivity index (χ1n) is 5.67. The Morgan fingerprint density at radius 1 is 1.50 bits per heavy atom. The van der Waals surface area contributed by atoms with Crippen molar-refractivity contribution in [2.75, 3.05) is 0 Å². The Morgan fingerprint density at radius 2 is 2.17 bits per heavy atom. The van der Waals surface area contributed by atoms with Crippen LogP contribution in [0.25, 0.3) is 0 Å². The largest absolute Gasteiger partial charge is 0.466 e. The molecule has 0 bridgehead atoms. The SMILES string of the molecule is CC1C(c2ccco2)OC(C)(C)N1C(=O)C(Cl)Cl.